The molecule has 0 saturated heterocycles. The van der Waals surface area contributed by atoms with Crippen LogP contribution in [0.15, 0.2) is 53.3 Å². The molecule has 0 amide bonds. The van der Waals surface area contributed by atoms with Crippen LogP contribution in [-0.2, 0) is 0 Å². The SMILES string of the molecule is COc1ccc(Nc2ccc3cnccc3c2N)cc1Br. The number of methoxy groups -OCH3 is 1. The number of benzene rings is 2. The number of nitrogens with two attached hydrogens (primary N) is 1. The van der Waals surface area contributed by atoms with Crippen molar-refractivity contribution >= 4 is 43.8 Å². The molecule has 106 valence electrons. The molecule has 3 rings (SSSR count). The van der Waals surface area contributed by atoms with E-state index < -0.39 is 0 Å². The summed E-state index contributed by atoms with van der Waals surface area (Å²) < 4.78 is 6.11. The van der Waals surface area contributed by atoms with Crippen molar-refractivity contribution in [2.75, 3.05) is 18.2 Å². The Bertz CT molecular complexity index is 805. The Hall–Kier alpha value is -2.27. The van der Waals surface area contributed by atoms with E-state index in [0.29, 0.717) is 5.69 Å². The summed E-state index contributed by atoms with van der Waals surface area (Å²) in [6, 6.07) is 11.7. The third-order valence-corrected chi connectivity index (χ3v) is 3.91. The highest BCUT2D eigenvalue weighted by Crippen LogP contribution is 2.33. The number of hydrogen-bond acceptors (Lipinski definition) is 4. The zero-order chi connectivity index (χ0) is 14.8. The first-order valence-electron chi connectivity index (χ1n) is 6.42. The molecule has 0 aliphatic carbocycles. The lowest BCUT2D eigenvalue weighted by Gasteiger charge is -2.13. The molecule has 0 atom stereocenters. The average molecular weight is 344 g/mol. The lowest BCUT2D eigenvalue weighted by atomic mass is 10.1. The smallest absolute Gasteiger partial charge is 0.133 e. The van der Waals surface area contributed by atoms with E-state index in [1.54, 1.807) is 19.5 Å². The van der Waals surface area contributed by atoms with Gasteiger partial charge in [-0.3, -0.25) is 4.98 Å². The topological polar surface area (TPSA) is 60.2 Å². The monoisotopic (exact) mass is 343 g/mol. The molecule has 3 N–H and O–H groups in total. The van der Waals surface area contributed by atoms with Crippen molar-refractivity contribution in [1.29, 1.82) is 0 Å². The second-order valence-electron chi connectivity index (χ2n) is 4.60. The van der Waals surface area contributed by atoms with Crippen LogP contribution >= 0.6 is 15.9 Å². The van der Waals surface area contributed by atoms with Crippen molar-refractivity contribution in [3.63, 3.8) is 0 Å². The normalized spacial score (nSPS) is 10.6. The van der Waals surface area contributed by atoms with Crippen LogP contribution in [0.5, 0.6) is 5.75 Å². The van der Waals surface area contributed by atoms with Crippen LogP contribution in [0.4, 0.5) is 17.1 Å². The molecule has 0 saturated carbocycles. The van der Waals surface area contributed by atoms with Crippen LogP contribution < -0.4 is 15.8 Å². The van der Waals surface area contributed by atoms with Gasteiger partial charge in [0.25, 0.3) is 0 Å². The lowest BCUT2D eigenvalue weighted by molar-refractivity contribution is 0.412. The maximum Gasteiger partial charge on any atom is 0.133 e. The van der Waals surface area contributed by atoms with Gasteiger partial charge in [0.05, 0.1) is 23.0 Å². The first kappa shape index (κ1) is 13.7. The van der Waals surface area contributed by atoms with E-state index in [4.69, 9.17) is 10.5 Å². The summed E-state index contributed by atoms with van der Waals surface area (Å²) >= 11 is 3.47. The van der Waals surface area contributed by atoms with Crippen LogP contribution in [0.1, 0.15) is 0 Å². The summed E-state index contributed by atoms with van der Waals surface area (Å²) in [6.45, 7) is 0. The number of aromatic nitrogens is 1. The standard InChI is InChI=1S/C16H14BrN3O/c1-21-15-5-3-11(8-13(15)17)20-14-4-2-10-9-19-7-6-12(10)16(14)18/h2-9,20H,18H2,1H3. The number of fused-ring (bicyclic) bond motifs is 1. The van der Waals surface area contributed by atoms with Gasteiger partial charge in [-0.2, -0.15) is 0 Å². The number of hydrogen-bond donors (Lipinski definition) is 2. The number of halogens is 1. The Morgan fingerprint density at radius 1 is 1.19 bits per heavy atom. The van der Waals surface area contributed by atoms with Gasteiger partial charge in [0, 0.05) is 28.9 Å². The average Bonchev–Trinajstić information content (AvgIpc) is 2.51. The van der Waals surface area contributed by atoms with Crippen LogP contribution in [0.3, 0.4) is 0 Å². The van der Waals surface area contributed by atoms with Crippen LogP contribution in [0, 0.1) is 0 Å². The second-order valence-corrected chi connectivity index (χ2v) is 5.45. The van der Waals surface area contributed by atoms with Crippen molar-refractivity contribution in [2.45, 2.75) is 0 Å². The minimum absolute atomic E-state index is 0.710. The van der Waals surface area contributed by atoms with Crippen molar-refractivity contribution in [2.24, 2.45) is 0 Å². The highest BCUT2D eigenvalue weighted by atomic mass is 79.9. The molecule has 0 aliphatic heterocycles. The molecular formula is C16H14BrN3O. The summed E-state index contributed by atoms with van der Waals surface area (Å²) in [7, 11) is 1.64. The van der Waals surface area contributed by atoms with Crippen molar-refractivity contribution in [1.82, 2.24) is 4.98 Å². The Kier molecular flexibility index (Phi) is 3.66. The van der Waals surface area contributed by atoms with E-state index in [1.165, 1.54) is 0 Å². The van der Waals surface area contributed by atoms with E-state index in [1.807, 2.05) is 36.4 Å². The van der Waals surface area contributed by atoms with Crippen molar-refractivity contribution < 1.29 is 4.74 Å². The summed E-state index contributed by atoms with van der Waals surface area (Å²) in [5.74, 6) is 0.790. The molecule has 0 fully saturated rings. The van der Waals surface area contributed by atoms with E-state index in [9.17, 15) is 0 Å². The molecule has 5 heteroatoms. The molecule has 0 radical (unpaired) electrons. The first-order chi connectivity index (χ1) is 10.2. The van der Waals surface area contributed by atoms with E-state index in [-0.39, 0.29) is 0 Å². The molecule has 0 spiro atoms. The molecule has 0 bridgehead atoms. The van der Waals surface area contributed by atoms with Crippen LogP contribution in [0.25, 0.3) is 10.8 Å². The number of pyridine rings is 1. The molecule has 0 unspecified atom stereocenters. The van der Waals surface area contributed by atoms with Gasteiger partial charge in [0.1, 0.15) is 5.75 Å². The lowest BCUT2D eigenvalue weighted by Crippen LogP contribution is -1.97. The zero-order valence-corrected chi connectivity index (χ0v) is 13.0. The maximum atomic E-state index is 6.23. The summed E-state index contributed by atoms with van der Waals surface area (Å²) in [4.78, 5) is 4.10. The minimum Gasteiger partial charge on any atom is -0.496 e. The maximum absolute atomic E-state index is 6.23. The predicted octanol–water partition coefficient (Wildman–Crippen LogP) is 4.33. The Balaban J connectivity index is 1.98. The predicted molar refractivity (Wildman–Crippen MR) is 90.1 cm³/mol. The van der Waals surface area contributed by atoms with Gasteiger partial charge < -0.3 is 15.8 Å². The fraction of sp³-hybridized carbons (Fsp3) is 0.0625. The number of nitrogen functional groups attached to an aromatic ring is 1. The molecule has 2 aromatic carbocycles. The van der Waals surface area contributed by atoms with Gasteiger partial charge in [-0.25, -0.2) is 0 Å². The number of rotatable bonds is 3. The molecule has 1 aromatic heterocycles. The number of nitrogens with zero attached hydrogens (tertiary/aromatic N) is 1. The zero-order valence-electron chi connectivity index (χ0n) is 11.4. The number of ether oxygens (including phenoxy) is 1. The van der Waals surface area contributed by atoms with Gasteiger partial charge in [-0.1, -0.05) is 6.07 Å². The van der Waals surface area contributed by atoms with Gasteiger partial charge >= 0.3 is 0 Å². The quantitative estimate of drug-likeness (QED) is 0.694. The van der Waals surface area contributed by atoms with Crippen molar-refractivity contribution in [3.05, 3.63) is 53.3 Å². The molecule has 4 nitrogen and oxygen atoms in total. The van der Waals surface area contributed by atoms with Crippen LogP contribution in [0.2, 0.25) is 0 Å². The fourth-order valence-electron chi connectivity index (χ4n) is 2.20. The molecule has 0 aliphatic rings. The summed E-state index contributed by atoms with van der Waals surface area (Å²) in [5.41, 5.74) is 8.74. The van der Waals surface area contributed by atoms with E-state index >= 15 is 0 Å². The molecule has 1 heterocycles. The van der Waals surface area contributed by atoms with Crippen LogP contribution in [-0.4, -0.2) is 12.1 Å². The minimum atomic E-state index is 0.710. The summed E-state index contributed by atoms with van der Waals surface area (Å²) in [6.07, 6.45) is 3.55. The Morgan fingerprint density at radius 2 is 2.05 bits per heavy atom. The third-order valence-electron chi connectivity index (χ3n) is 3.29. The fourth-order valence-corrected chi connectivity index (χ4v) is 2.74. The van der Waals surface area contributed by atoms with Gasteiger partial charge in [-0.15, -0.1) is 0 Å². The Morgan fingerprint density at radius 3 is 2.81 bits per heavy atom. The van der Waals surface area contributed by atoms with Gasteiger partial charge in [0.2, 0.25) is 0 Å². The number of anilines is 3. The second kappa shape index (κ2) is 5.61. The van der Waals surface area contributed by atoms with Gasteiger partial charge in [-0.05, 0) is 46.3 Å². The highest BCUT2D eigenvalue weighted by Gasteiger charge is 2.06. The summed E-state index contributed by atoms with van der Waals surface area (Å²) in [5, 5.41) is 5.34. The first-order valence-corrected chi connectivity index (χ1v) is 7.21. The molecular weight excluding hydrogens is 330 g/mol. The van der Waals surface area contributed by atoms with E-state index in [0.717, 1.165) is 32.4 Å². The third kappa shape index (κ3) is 2.64. The molecule has 21 heavy (non-hydrogen) atoms. The number of nitrogens with one attached hydrogen (secondary N) is 1. The largest absolute Gasteiger partial charge is 0.496 e. The Labute approximate surface area is 131 Å². The molecule has 3 aromatic rings. The van der Waals surface area contributed by atoms with Crippen molar-refractivity contribution in [3.8, 4) is 5.75 Å². The highest BCUT2D eigenvalue weighted by molar-refractivity contribution is 9.10. The van der Waals surface area contributed by atoms with Gasteiger partial charge in [0.15, 0.2) is 0 Å². The van der Waals surface area contributed by atoms with E-state index in [2.05, 4.69) is 26.2 Å².